The molecule has 116 valence electrons. The van der Waals surface area contributed by atoms with Crippen molar-refractivity contribution in [2.45, 2.75) is 45.2 Å². The van der Waals surface area contributed by atoms with Gasteiger partial charge in [-0.3, -0.25) is 4.90 Å². The molecule has 0 aliphatic carbocycles. The summed E-state index contributed by atoms with van der Waals surface area (Å²) in [5.74, 6) is 1.72. The van der Waals surface area contributed by atoms with E-state index < -0.39 is 0 Å². The van der Waals surface area contributed by atoms with E-state index in [1.54, 1.807) is 0 Å². The second-order valence-corrected chi connectivity index (χ2v) is 7.08. The molecular weight excluding hydrogens is 260 g/mol. The first-order valence-electron chi connectivity index (χ1n) is 8.20. The third-order valence-corrected chi connectivity index (χ3v) is 5.16. The maximum absolute atomic E-state index is 5.76. The number of benzene rings is 1. The highest BCUT2D eigenvalue weighted by molar-refractivity contribution is 5.66. The van der Waals surface area contributed by atoms with Crippen LogP contribution in [0.4, 0.5) is 5.69 Å². The average Bonchev–Trinajstić information content (AvgIpc) is 2.86. The summed E-state index contributed by atoms with van der Waals surface area (Å²) in [6, 6.07) is 6.66. The molecule has 2 aliphatic heterocycles. The van der Waals surface area contributed by atoms with Gasteiger partial charge in [-0.05, 0) is 56.5 Å². The lowest BCUT2D eigenvalue weighted by molar-refractivity contribution is 0.232. The number of ether oxygens (including phenoxy) is 1. The molecule has 0 saturated carbocycles. The summed E-state index contributed by atoms with van der Waals surface area (Å²) in [6.45, 7) is 8.65. The smallest absolute Gasteiger partial charge is 0.119 e. The van der Waals surface area contributed by atoms with Crippen LogP contribution < -0.4 is 9.64 Å². The molecule has 0 amide bonds. The van der Waals surface area contributed by atoms with Crippen LogP contribution in [0.15, 0.2) is 18.2 Å². The van der Waals surface area contributed by atoms with Gasteiger partial charge in [0.15, 0.2) is 0 Å². The summed E-state index contributed by atoms with van der Waals surface area (Å²) in [7, 11) is 4.51. The van der Waals surface area contributed by atoms with Crippen molar-refractivity contribution in [2.75, 3.05) is 32.1 Å². The normalized spacial score (nSPS) is 28.1. The summed E-state index contributed by atoms with van der Waals surface area (Å²) in [5, 5.41) is 0. The molecule has 2 atom stereocenters. The first kappa shape index (κ1) is 14.7. The van der Waals surface area contributed by atoms with Crippen molar-refractivity contribution < 1.29 is 4.74 Å². The largest absolute Gasteiger partial charge is 0.494 e. The van der Waals surface area contributed by atoms with Gasteiger partial charge in [0.1, 0.15) is 5.75 Å². The number of rotatable bonds is 4. The van der Waals surface area contributed by atoms with Crippen LogP contribution in [0.3, 0.4) is 0 Å². The van der Waals surface area contributed by atoms with E-state index in [4.69, 9.17) is 4.74 Å². The minimum Gasteiger partial charge on any atom is -0.494 e. The lowest BCUT2D eigenvalue weighted by Gasteiger charge is -2.36. The number of fused-ring (bicyclic) bond motifs is 3. The Morgan fingerprint density at radius 1 is 1.33 bits per heavy atom. The zero-order valence-electron chi connectivity index (χ0n) is 14.0. The molecule has 2 unspecified atom stereocenters. The first-order valence-corrected chi connectivity index (χ1v) is 8.20. The Kier molecular flexibility index (Phi) is 3.64. The molecule has 2 heterocycles. The molecule has 3 nitrogen and oxygen atoms in total. The van der Waals surface area contributed by atoms with Crippen LogP contribution in [0.5, 0.6) is 5.75 Å². The maximum atomic E-state index is 5.76. The van der Waals surface area contributed by atoms with Crippen molar-refractivity contribution in [3.8, 4) is 5.75 Å². The van der Waals surface area contributed by atoms with Crippen LogP contribution in [0.2, 0.25) is 0 Å². The van der Waals surface area contributed by atoms with Crippen molar-refractivity contribution in [1.29, 1.82) is 0 Å². The molecule has 0 bridgehead atoms. The van der Waals surface area contributed by atoms with Crippen LogP contribution in [-0.4, -0.2) is 38.3 Å². The lowest BCUT2D eigenvalue weighted by Crippen LogP contribution is -2.47. The molecule has 1 fully saturated rings. The Balaban J connectivity index is 2.10. The van der Waals surface area contributed by atoms with E-state index in [-0.39, 0.29) is 5.41 Å². The third kappa shape index (κ3) is 2.13. The monoisotopic (exact) mass is 288 g/mol. The molecule has 1 aromatic rings. The van der Waals surface area contributed by atoms with Crippen molar-refractivity contribution in [1.82, 2.24) is 4.90 Å². The number of hydrogen-bond acceptors (Lipinski definition) is 3. The molecular formula is C18H28N2O. The van der Waals surface area contributed by atoms with E-state index in [0.717, 1.165) is 12.4 Å². The molecule has 0 N–H and O–H groups in total. The Morgan fingerprint density at radius 3 is 2.76 bits per heavy atom. The second-order valence-electron chi connectivity index (χ2n) is 7.08. The first-order chi connectivity index (χ1) is 9.99. The van der Waals surface area contributed by atoms with E-state index in [2.05, 4.69) is 62.9 Å². The number of anilines is 1. The van der Waals surface area contributed by atoms with Gasteiger partial charge in [0.2, 0.25) is 0 Å². The van der Waals surface area contributed by atoms with Gasteiger partial charge in [0.05, 0.1) is 12.8 Å². The Labute approximate surface area is 128 Å². The van der Waals surface area contributed by atoms with E-state index in [9.17, 15) is 0 Å². The molecule has 3 heteroatoms. The van der Waals surface area contributed by atoms with E-state index in [0.29, 0.717) is 12.1 Å². The summed E-state index contributed by atoms with van der Waals surface area (Å²) in [6.07, 6.45) is 2.99. The van der Waals surface area contributed by atoms with Gasteiger partial charge in [-0.2, -0.15) is 0 Å². The highest BCUT2D eigenvalue weighted by Crippen LogP contribution is 2.54. The highest BCUT2D eigenvalue weighted by Gasteiger charge is 2.55. The van der Waals surface area contributed by atoms with Crippen LogP contribution in [0.1, 0.15) is 39.2 Å². The van der Waals surface area contributed by atoms with Gasteiger partial charge in [-0.25, -0.2) is 0 Å². The summed E-state index contributed by atoms with van der Waals surface area (Å²) < 4.78 is 5.76. The number of nitrogens with zero attached hydrogens (tertiary/aromatic N) is 2. The van der Waals surface area contributed by atoms with E-state index in [1.807, 2.05) is 0 Å². The molecule has 1 aromatic carbocycles. The standard InChI is InChI=1S/C18H28N2O/c1-6-21-14-7-8-16-15(11-14)18(12-13(2)3)9-10-19(4)17(18)20(16)5/h7-8,11,13,17H,6,9-10,12H2,1-5H3. The lowest BCUT2D eigenvalue weighted by atomic mass is 9.73. The van der Waals surface area contributed by atoms with Crippen molar-refractivity contribution >= 4 is 5.69 Å². The minimum atomic E-state index is 0.264. The number of hydrogen-bond donors (Lipinski definition) is 0. The van der Waals surface area contributed by atoms with Gasteiger partial charge in [-0.1, -0.05) is 13.8 Å². The summed E-state index contributed by atoms with van der Waals surface area (Å²) in [4.78, 5) is 4.99. The van der Waals surface area contributed by atoms with Crippen molar-refractivity contribution in [2.24, 2.45) is 5.92 Å². The Morgan fingerprint density at radius 2 is 2.10 bits per heavy atom. The fourth-order valence-corrected chi connectivity index (χ4v) is 4.64. The van der Waals surface area contributed by atoms with Gasteiger partial charge in [0, 0.05) is 24.7 Å². The molecule has 1 saturated heterocycles. The SMILES string of the molecule is CCOc1ccc2c(c1)C1(CC(C)C)CCN(C)C1N2C. The second kappa shape index (κ2) is 5.20. The zero-order valence-corrected chi connectivity index (χ0v) is 14.0. The molecule has 3 rings (SSSR count). The molecule has 0 spiro atoms. The molecule has 21 heavy (non-hydrogen) atoms. The van der Waals surface area contributed by atoms with Crippen molar-refractivity contribution in [3.63, 3.8) is 0 Å². The minimum absolute atomic E-state index is 0.264. The Bertz CT molecular complexity index is 528. The van der Waals surface area contributed by atoms with Gasteiger partial charge >= 0.3 is 0 Å². The predicted octanol–water partition coefficient (Wildman–Crippen LogP) is 3.48. The van der Waals surface area contributed by atoms with Gasteiger partial charge < -0.3 is 9.64 Å². The fraction of sp³-hybridized carbons (Fsp3) is 0.667. The van der Waals surface area contributed by atoms with Gasteiger partial charge in [0.25, 0.3) is 0 Å². The predicted molar refractivity (Wildman–Crippen MR) is 88.2 cm³/mol. The van der Waals surface area contributed by atoms with Gasteiger partial charge in [-0.15, -0.1) is 0 Å². The van der Waals surface area contributed by atoms with Crippen LogP contribution in [0.25, 0.3) is 0 Å². The van der Waals surface area contributed by atoms with E-state index >= 15 is 0 Å². The summed E-state index contributed by atoms with van der Waals surface area (Å²) in [5.41, 5.74) is 3.15. The third-order valence-electron chi connectivity index (χ3n) is 5.16. The quantitative estimate of drug-likeness (QED) is 0.843. The zero-order chi connectivity index (χ0) is 15.2. The van der Waals surface area contributed by atoms with Crippen LogP contribution >= 0.6 is 0 Å². The average molecular weight is 288 g/mol. The van der Waals surface area contributed by atoms with Crippen LogP contribution in [-0.2, 0) is 5.41 Å². The summed E-state index contributed by atoms with van der Waals surface area (Å²) >= 11 is 0. The van der Waals surface area contributed by atoms with Crippen molar-refractivity contribution in [3.05, 3.63) is 23.8 Å². The highest BCUT2D eigenvalue weighted by atomic mass is 16.5. The molecule has 0 radical (unpaired) electrons. The Hall–Kier alpha value is -1.22. The van der Waals surface area contributed by atoms with Crippen LogP contribution in [0, 0.1) is 5.92 Å². The number of likely N-dealkylation sites (tertiary alicyclic amines) is 1. The maximum Gasteiger partial charge on any atom is 0.119 e. The topological polar surface area (TPSA) is 15.7 Å². The fourth-order valence-electron chi connectivity index (χ4n) is 4.64. The molecule has 2 aliphatic rings. The number of likely N-dealkylation sites (N-methyl/N-ethyl adjacent to an activating group) is 2. The molecule has 0 aromatic heterocycles. The van der Waals surface area contributed by atoms with E-state index in [1.165, 1.54) is 30.6 Å².